The molecule has 0 heterocycles. The summed E-state index contributed by atoms with van der Waals surface area (Å²) in [6, 6.07) is 9.24. The highest BCUT2D eigenvalue weighted by atomic mass is 35.5. The second-order valence-electron chi connectivity index (χ2n) is 5.64. The Hall–Kier alpha value is -1.60. The Kier molecular flexibility index (Phi) is 6.69. The number of nitrogens with one attached hydrogen (secondary N) is 1. The van der Waals surface area contributed by atoms with E-state index in [1.54, 1.807) is 39.0 Å². The zero-order chi connectivity index (χ0) is 19.5. The van der Waals surface area contributed by atoms with Crippen LogP contribution in [0.25, 0.3) is 0 Å². The lowest BCUT2D eigenvalue weighted by Gasteiger charge is -2.19. The van der Waals surface area contributed by atoms with Crippen molar-refractivity contribution in [1.82, 2.24) is 4.31 Å². The van der Waals surface area contributed by atoms with Gasteiger partial charge in [0, 0.05) is 23.7 Å². The number of carbonyl (C=O) groups excluding carboxylic acids is 1. The maximum absolute atomic E-state index is 12.7. The lowest BCUT2D eigenvalue weighted by atomic mass is 10.1. The van der Waals surface area contributed by atoms with Gasteiger partial charge in [0.05, 0.1) is 15.6 Å². The number of sulfonamides is 1. The second kappa shape index (κ2) is 8.39. The van der Waals surface area contributed by atoms with Gasteiger partial charge in [0.2, 0.25) is 10.0 Å². The third kappa shape index (κ3) is 4.38. The smallest absolute Gasteiger partial charge is 0.256 e. The van der Waals surface area contributed by atoms with Gasteiger partial charge >= 0.3 is 0 Å². The molecule has 0 bridgehead atoms. The Morgan fingerprint density at radius 3 is 2.31 bits per heavy atom. The molecule has 0 unspecified atom stereocenters. The van der Waals surface area contributed by atoms with Gasteiger partial charge in [0.25, 0.3) is 5.91 Å². The van der Waals surface area contributed by atoms with Crippen molar-refractivity contribution in [1.29, 1.82) is 0 Å². The molecule has 0 aliphatic carbocycles. The van der Waals surface area contributed by atoms with Crippen molar-refractivity contribution >= 4 is 44.8 Å². The van der Waals surface area contributed by atoms with Gasteiger partial charge in [-0.3, -0.25) is 4.79 Å². The van der Waals surface area contributed by atoms with E-state index >= 15 is 0 Å². The quantitative estimate of drug-likeness (QED) is 0.751. The maximum atomic E-state index is 12.7. The molecular weight excluding hydrogens is 395 g/mol. The minimum Gasteiger partial charge on any atom is -0.321 e. The van der Waals surface area contributed by atoms with Crippen LogP contribution in [0.5, 0.6) is 0 Å². The predicted octanol–water partition coefficient (Wildman–Crippen LogP) is 4.58. The van der Waals surface area contributed by atoms with E-state index in [1.165, 1.54) is 22.5 Å². The van der Waals surface area contributed by atoms with Crippen molar-refractivity contribution < 1.29 is 13.2 Å². The molecule has 0 fully saturated rings. The SMILES string of the molecule is CCN(CC)S(=O)(=O)c1ccc(C)c(C(=O)Nc2ccc(Cl)cc2Cl)c1. The van der Waals surface area contributed by atoms with Crippen molar-refractivity contribution in [3.05, 3.63) is 57.6 Å². The molecule has 2 rings (SSSR count). The average Bonchev–Trinajstić information content (AvgIpc) is 2.58. The Labute approximate surface area is 164 Å². The number of carbonyl (C=O) groups is 1. The van der Waals surface area contributed by atoms with Gasteiger partial charge in [0.15, 0.2) is 0 Å². The van der Waals surface area contributed by atoms with E-state index in [4.69, 9.17) is 23.2 Å². The van der Waals surface area contributed by atoms with Crippen LogP contribution in [-0.4, -0.2) is 31.7 Å². The number of rotatable bonds is 6. The van der Waals surface area contributed by atoms with Crippen LogP contribution in [0, 0.1) is 6.92 Å². The molecule has 1 amide bonds. The molecule has 0 atom stereocenters. The monoisotopic (exact) mass is 414 g/mol. The summed E-state index contributed by atoms with van der Waals surface area (Å²) in [6.45, 7) is 5.99. The zero-order valence-electron chi connectivity index (χ0n) is 14.7. The lowest BCUT2D eigenvalue weighted by molar-refractivity contribution is 0.102. The van der Waals surface area contributed by atoms with Crippen LogP contribution in [0.2, 0.25) is 10.0 Å². The largest absolute Gasteiger partial charge is 0.321 e. The number of benzene rings is 2. The molecule has 0 saturated carbocycles. The molecular formula is C18H20Cl2N2O3S. The number of aryl methyl sites for hydroxylation is 1. The van der Waals surface area contributed by atoms with Crippen molar-refractivity contribution in [2.75, 3.05) is 18.4 Å². The minimum absolute atomic E-state index is 0.0825. The van der Waals surface area contributed by atoms with Crippen LogP contribution in [0.1, 0.15) is 29.8 Å². The minimum atomic E-state index is -3.65. The highest BCUT2D eigenvalue weighted by molar-refractivity contribution is 7.89. The highest BCUT2D eigenvalue weighted by Crippen LogP contribution is 2.27. The van der Waals surface area contributed by atoms with Gasteiger partial charge in [-0.05, 0) is 42.8 Å². The Balaban J connectivity index is 2.39. The number of hydrogen-bond donors (Lipinski definition) is 1. The van der Waals surface area contributed by atoms with Crippen LogP contribution in [0.15, 0.2) is 41.3 Å². The average molecular weight is 415 g/mol. The number of hydrogen-bond acceptors (Lipinski definition) is 3. The molecule has 1 N–H and O–H groups in total. The molecule has 140 valence electrons. The Morgan fingerprint density at radius 2 is 1.73 bits per heavy atom. The van der Waals surface area contributed by atoms with Crippen molar-refractivity contribution in [2.45, 2.75) is 25.7 Å². The molecule has 2 aromatic carbocycles. The van der Waals surface area contributed by atoms with E-state index in [1.807, 2.05) is 0 Å². The Bertz CT molecular complexity index is 926. The first kappa shape index (κ1) is 20.7. The molecule has 0 saturated heterocycles. The summed E-state index contributed by atoms with van der Waals surface area (Å²) in [5, 5.41) is 3.45. The first-order valence-electron chi connectivity index (χ1n) is 8.07. The van der Waals surface area contributed by atoms with E-state index < -0.39 is 15.9 Å². The zero-order valence-corrected chi connectivity index (χ0v) is 17.0. The van der Waals surface area contributed by atoms with Crippen LogP contribution in [0.3, 0.4) is 0 Å². The van der Waals surface area contributed by atoms with E-state index in [0.29, 0.717) is 34.4 Å². The molecule has 0 aliphatic rings. The van der Waals surface area contributed by atoms with Gasteiger partial charge in [-0.1, -0.05) is 43.1 Å². The summed E-state index contributed by atoms with van der Waals surface area (Å²) in [6.07, 6.45) is 0. The summed E-state index contributed by atoms with van der Waals surface area (Å²) in [5.74, 6) is -0.441. The topological polar surface area (TPSA) is 66.5 Å². The lowest BCUT2D eigenvalue weighted by Crippen LogP contribution is -2.30. The van der Waals surface area contributed by atoms with Crippen molar-refractivity contribution in [2.24, 2.45) is 0 Å². The maximum Gasteiger partial charge on any atom is 0.256 e. The summed E-state index contributed by atoms with van der Waals surface area (Å²) >= 11 is 11.9. The second-order valence-corrected chi connectivity index (χ2v) is 8.43. The van der Waals surface area contributed by atoms with E-state index in [-0.39, 0.29) is 10.5 Å². The first-order valence-corrected chi connectivity index (χ1v) is 10.3. The van der Waals surface area contributed by atoms with Gasteiger partial charge < -0.3 is 5.32 Å². The van der Waals surface area contributed by atoms with Crippen molar-refractivity contribution in [3.63, 3.8) is 0 Å². The first-order chi connectivity index (χ1) is 12.2. The third-order valence-electron chi connectivity index (χ3n) is 3.98. The molecule has 5 nitrogen and oxygen atoms in total. The van der Waals surface area contributed by atoms with Crippen LogP contribution >= 0.6 is 23.2 Å². The standard InChI is InChI=1S/C18H20Cl2N2O3S/c1-4-22(5-2)26(24,25)14-8-6-12(3)15(11-14)18(23)21-17-9-7-13(19)10-16(17)20/h6-11H,4-5H2,1-3H3,(H,21,23). The van der Waals surface area contributed by atoms with E-state index in [0.717, 1.165) is 0 Å². The van der Waals surface area contributed by atoms with Gasteiger partial charge in [-0.25, -0.2) is 8.42 Å². The van der Waals surface area contributed by atoms with Crippen LogP contribution in [0.4, 0.5) is 5.69 Å². The van der Waals surface area contributed by atoms with Gasteiger partial charge in [-0.2, -0.15) is 4.31 Å². The normalized spacial score (nSPS) is 11.6. The molecule has 2 aromatic rings. The number of nitrogens with zero attached hydrogens (tertiary/aromatic N) is 1. The third-order valence-corrected chi connectivity index (χ3v) is 6.57. The highest BCUT2D eigenvalue weighted by Gasteiger charge is 2.23. The van der Waals surface area contributed by atoms with Gasteiger partial charge in [-0.15, -0.1) is 0 Å². The summed E-state index contributed by atoms with van der Waals surface area (Å²) in [5.41, 5.74) is 1.33. The predicted molar refractivity (Wildman–Crippen MR) is 106 cm³/mol. The van der Waals surface area contributed by atoms with E-state index in [2.05, 4.69) is 5.32 Å². The fraction of sp³-hybridized carbons (Fsp3) is 0.278. The molecule has 26 heavy (non-hydrogen) atoms. The molecule has 0 aromatic heterocycles. The molecule has 0 aliphatic heterocycles. The number of anilines is 1. The molecule has 0 radical (unpaired) electrons. The fourth-order valence-corrected chi connectivity index (χ4v) is 4.44. The summed E-state index contributed by atoms with van der Waals surface area (Å²) in [7, 11) is -3.65. The summed E-state index contributed by atoms with van der Waals surface area (Å²) in [4.78, 5) is 12.7. The number of amides is 1. The fourth-order valence-electron chi connectivity index (χ4n) is 2.50. The summed E-state index contributed by atoms with van der Waals surface area (Å²) < 4.78 is 26.7. The van der Waals surface area contributed by atoms with Crippen LogP contribution in [-0.2, 0) is 10.0 Å². The Morgan fingerprint density at radius 1 is 1.08 bits per heavy atom. The van der Waals surface area contributed by atoms with E-state index in [9.17, 15) is 13.2 Å². The number of halogens is 2. The van der Waals surface area contributed by atoms with Crippen molar-refractivity contribution in [3.8, 4) is 0 Å². The van der Waals surface area contributed by atoms with Gasteiger partial charge in [0.1, 0.15) is 0 Å². The van der Waals surface area contributed by atoms with Crippen LogP contribution < -0.4 is 5.32 Å². The molecule has 0 spiro atoms. The molecule has 8 heteroatoms.